The van der Waals surface area contributed by atoms with E-state index in [9.17, 15) is 14.4 Å². The molecule has 1 atom stereocenters. The van der Waals surface area contributed by atoms with Crippen LogP contribution in [0.15, 0.2) is 42.5 Å². The Labute approximate surface area is 170 Å². The number of benzene rings is 2. The van der Waals surface area contributed by atoms with Crippen molar-refractivity contribution in [3.8, 4) is 11.8 Å². The molecule has 0 saturated carbocycles. The van der Waals surface area contributed by atoms with Crippen molar-refractivity contribution >= 4 is 11.6 Å². The summed E-state index contributed by atoms with van der Waals surface area (Å²) in [5.41, 5.74) is 0.683. The topological polar surface area (TPSA) is 71.3 Å². The van der Waals surface area contributed by atoms with Crippen LogP contribution in [0, 0.1) is 17.1 Å². The van der Waals surface area contributed by atoms with Gasteiger partial charge in [-0.15, -0.1) is 0 Å². The van der Waals surface area contributed by atoms with Crippen LogP contribution in [0.25, 0.3) is 0 Å². The van der Waals surface area contributed by atoms with Gasteiger partial charge in [-0.05, 0) is 56.0 Å². The van der Waals surface area contributed by atoms with Crippen molar-refractivity contribution in [3.05, 3.63) is 59.4 Å². The third kappa shape index (κ3) is 4.57. The summed E-state index contributed by atoms with van der Waals surface area (Å²) < 4.78 is 24.6. The average Bonchev–Trinajstić information content (AvgIpc) is 2.75. The highest BCUT2D eigenvalue weighted by atomic mass is 19.1. The first kappa shape index (κ1) is 20.8. The maximum absolute atomic E-state index is 13.4. The first-order chi connectivity index (χ1) is 14.0. The van der Waals surface area contributed by atoms with E-state index >= 15 is 0 Å². The van der Waals surface area contributed by atoms with Gasteiger partial charge in [0.15, 0.2) is 0 Å². The standard InChI is InChI=1S/C23H25FN2O3/c1-3-16(2)29-20-8-9-21(17(14-20)15-25)26-22(27)23(10-12-28-13-11-23)18-4-6-19(24)7-5-18/h4-9,14,16H,3,10-13H2,1-2H3,(H,26,27)/t16-/m0/s1. The summed E-state index contributed by atoms with van der Waals surface area (Å²) in [5.74, 6) is 0.0211. The number of hydrogen-bond acceptors (Lipinski definition) is 4. The molecule has 0 radical (unpaired) electrons. The molecule has 1 fully saturated rings. The third-order valence-corrected chi connectivity index (χ3v) is 5.45. The lowest BCUT2D eigenvalue weighted by molar-refractivity contribution is -0.125. The molecular weight excluding hydrogens is 371 g/mol. The molecule has 2 aromatic rings. The number of ether oxygens (including phenoxy) is 2. The van der Waals surface area contributed by atoms with Crippen LogP contribution >= 0.6 is 0 Å². The molecule has 0 bridgehead atoms. The van der Waals surface area contributed by atoms with E-state index < -0.39 is 5.41 Å². The molecule has 152 valence electrons. The van der Waals surface area contributed by atoms with Gasteiger partial charge in [-0.1, -0.05) is 19.1 Å². The fourth-order valence-corrected chi connectivity index (χ4v) is 3.49. The number of nitriles is 1. The number of carbonyl (C=O) groups is 1. The van der Waals surface area contributed by atoms with Crippen LogP contribution in [0.3, 0.4) is 0 Å². The summed E-state index contributed by atoms with van der Waals surface area (Å²) in [6.07, 6.45) is 1.86. The maximum atomic E-state index is 13.4. The van der Waals surface area contributed by atoms with Crippen LogP contribution in [0.1, 0.15) is 44.2 Å². The van der Waals surface area contributed by atoms with Gasteiger partial charge in [0.25, 0.3) is 0 Å². The predicted molar refractivity (Wildman–Crippen MR) is 108 cm³/mol. The second-order valence-corrected chi connectivity index (χ2v) is 7.31. The molecule has 29 heavy (non-hydrogen) atoms. The van der Waals surface area contributed by atoms with Gasteiger partial charge in [-0.25, -0.2) is 4.39 Å². The lowest BCUT2D eigenvalue weighted by Crippen LogP contribution is -2.45. The minimum atomic E-state index is -0.829. The van der Waals surface area contributed by atoms with E-state index in [4.69, 9.17) is 9.47 Å². The van der Waals surface area contributed by atoms with E-state index in [0.29, 0.717) is 43.1 Å². The van der Waals surface area contributed by atoms with Crippen molar-refractivity contribution in [1.29, 1.82) is 5.26 Å². The van der Waals surface area contributed by atoms with Gasteiger partial charge in [0.2, 0.25) is 5.91 Å². The molecule has 1 amide bonds. The number of hydrogen-bond donors (Lipinski definition) is 1. The molecule has 1 N–H and O–H groups in total. The Kier molecular flexibility index (Phi) is 6.50. The van der Waals surface area contributed by atoms with Gasteiger partial charge in [-0.2, -0.15) is 5.26 Å². The Morgan fingerprint density at radius 3 is 2.59 bits per heavy atom. The van der Waals surface area contributed by atoms with E-state index in [-0.39, 0.29) is 17.8 Å². The van der Waals surface area contributed by atoms with E-state index in [1.807, 2.05) is 13.8 Å². The highest BCUT2D eigenvalue weighted by Crippen LogP contribution is 2.37. The number of nitrogens with one attached hydrogen (secondary N) is 1. The lowest BCUT2D eigenvalue weighted by atomic mass is 9.73. The zero-order chi connectivity index (χ0) is 20.9. The largest absolute Gasteiger partial charge is 0.491 e. The molecule has 2 aromatic carbocycles. The molecule has 1 aliphatic heterocycles. The highest BCUT2D eigenvalue weighted by Gasteiger charge is 2.42. The number of anilines is 1. The first-order valence-electron chi connectivity index (χ1n) is 9.84. The molecule has 5 nitrogen and oxygen atoms in total. The van der Waals surface area contributed by atoms with Crippen LogP contribution in [-0.4, -0.2) is 25.2 Å². The Hall–Kier alpha value is -2.91. The summed E-state index contributed by atoms with van der Waals surface area (Å²) in [6, 6.07) is 13.2. The van der Waals surface area contributed by atoms with Gasteiger partial charge in [0, 0.05) is 19.3 Å². The van der Waals surface area contributed by atoms with Gasteiger partial charge in [-0.3, -0.25) is 4.79 Å². The molecule has 0 aliphatic carbocycles. The Bertz CT molecular complexity index is 899. The van der Waals surface area contributed by atoms with Crippen LogP contribution in [0.2, 0.25) is 0 Å². The smallest absolute Gasteiger partial charge is 0.235 e. The summed E-state index contributed by atoms with van der Waals surface area (Å²) in [4.78, 5) is 13.4. The summed E-state index contributed by atoms with van der Waals surface area (Å²) in [6.45, 7) is 4.86. The SMILES string of the molecule is CC[C@H](C)Oc1ccc(NC(=O)C2(c3ccc(F)cc3)CCOCC2)c(C#N)c1. The number of rotatable bonds is 6. The second-order valence-electron chi connectivity index (χ2n) is 7.31. The summed E-state index contributed by atoms with van der Waals surface area (Å²) in [5, 5.41) is 12.5. The van der Waals surface area contributed by atoms with Gasteiger partial charge >= 0.3 is 0 Å². The molecule has 1 aliphatic rings. The van der Waals surface area contributed by atoms with Crippen molar-refractivity contribution in [2.24, 2.45) is 0 Å². The number of amides is 1. The van der Waals surface area contributed by atoms with Crippen LogP contribution in [-0.2, 0) is 14.9 Å². The van der Waals surface area contributed by atoms with Crippen LogP contribution in [0.5, 0.6) is 5.75 Å². The van der Waals surface area contributed by atoms with E-state index in [1.165, 1.54) is 12.1 Å². The zero-order valence-electron chi connectivity index (χ0n) is 16.7. The fraction of sp³-hybridized carbons (Fsp3) is 0.391. The molecule has 3 rings (SSSR count). The molecule has 0 aromatic heterocycles. The number of nitrogens with zero attached hydrogens (tertiary/aromatic N) is 1. The summed E-state index contributed by atoms with van der Waals surface area (Å²) in [7, 11) is 0. The van der Waals surface area contributed by atoms with Crippen LogP contribution < -0.4 is 10.1 Å². The Morgan fingerprint density at radius 1 is 1.28 bits per heavy atom. The zero-order valence-corrected chi connectivity index (χ0v) is 16.7. The van der Waals surface area contributed by atoms with E-state index in [1.54, 1.807) is 30.3 Å². The number of carbonyl (C=O) groups excluding carboxylic acids is 1. The van der Waals surface area contributed by atoms with E-state index in [0.717, 1.165) is 12.0 Å². The second kappa shape index (κ2) is 9.06. The minimum Gasteiger partial charge on any atom is -0.491 e. The Morgan fingerprint density at radius 2 is 1.97 bits per heavy atom. The fourth-order valence-electron chi connectivity index (χ4n) is 3.49. The highest BCUT2D eigenvalue weighted by molar-refractivity contribution is 6.00. The third-order valence-electron chi connectivity index (χ3n) is 5.45. The van der Waals surface area contributed by atoms with Crippen molar-refractivity contribution < 1.29 is 18.7 Å². The van der Waals surface area contributed by atoms with Crippen molar-refractivity contribution in [1.82, 2.24) is 0 Å². The molecule has 0 spiro atoms. The maximum Gasteiger partial charge on any atom is 0.235 e. The molecule has 1 heterocycles. The lowest BCUT2D eigenvalue weighted by Gasteiger charge is -2.36. The van der Waals surface area contributed by atoms with Gasteiger partial charge in [0.1, 0.15) is 17.6 Å². The molecule has 6 heteroatoms. The van der Waals surface area contributed by atoms with Gasteiger partial charge in [0.05, 0.1) is 22.8 Å². The normalized spacial score (nSPS) is 16.5. The van der Waals surface area contributed by atoms with Gasteiger partial charge < -0.3 is 14.8 Å². The molecule has 0 unspecified atom stereocenters. The number of halogens is 1. The first-order valence-corrected chi connectivity index (χ1v) is 9.84. The average molecular weight is 396 g/mol. The van der Waals surface area contributed by atoms with Crippen molar-refractivity contribution in [3.63, 3.8) is 0 Å². The van der Waals surface area contributed by atoms with E-state index in [2.05, 4.69) is 11.4 Å². The predicted octanol–water partition coefficient (Wildman–Crippen LogP) is 4.56. The van der Waals surface area contributed by atoms with Crippen molar-refractivity contribution in [2.45, 2.75) is 44.6 Å². The van der Waals surface area contributed by atoms with Crippen molar-refractivity contribution in [2.75, 3.05) is 18.5 Å². The molecular formula is C23H25FN2O3. The molecule has 1 saturated heterocycles. The Balaban J connectivity index is 1.88. The summed E-state index contributed by atoms with van der Waals surface area (Å²) >= 11 is 0. The van der Waals surface area contributed by atoms with Crippen LogP contribution in [0.4, 0.5) is 10.1 Å². The quantitative estimate of drug-likeness (QED) is 0.777. The minimum absolute atomic E-state index is 0.0333. The monoisotopic (exact) mass is 396 g/mol.